The third kappa shape index (κ3) is 8.17. The summed E-state index contributed by atoms with van der Waals surface area (Å²) in [7, 11) is 0. The first-order chi connectivity index (χ1) is 10.5. The van der Waals surface area contributed by atoms with Crippen LogP contribution >= 0.6 is 0 Å². The molecular weight excluding hydrogens is 330 g/mol. The molecule has 23 heavy (non-hydrogen) atoms. The fraction of sp³-hybridized carbons (Fsp3) is 0.462. The highest BCUT2D eigenvalue weighted by molar-refractivity contribution is 5.84. The summed E-state index contributed by atoms with van der Waals surface area (Å²) in [4.78, 5) is 11.5. The molecule has 0 heterocycles. The van der Waals surface area contributed by atoms with Gasteiger partial charge in [0.2, 0.25) is 5.91 Å². The lowest BCUT2D eigenvalue weighted by Gasteiger charge is -2.16. The topological polar surface area (TPSA) is 50.4 Å². The van der Waals surface area contributed by atoms with Gasteiger partial charge in [0.15, 0.2) is 6.61 Å². The molecule has 2 N–H and O–H groups in total. The lowest BCUT2D eigenvalue weighted by molar-refractivity contribution is -0.153. The molecule has 1 unspecified atom stereocenters. The minimum absolute atomic E-state index is 0.0259. The predicted molar refractivity (Wildman–Crippen MR) is 70.1 cm³/mol. The molecule has 1 aromatic carbocycles. The normalized spacial score (nSPS) is 13.3. The van der Waals surface area contributed by atoms with Crippen LogP contribution in [0.4, 0.5) is 32.0 Å². The summed E-state index contributed by atoms with van der Waals surface area (Å²) in [6, 6.07) is 4.22. The summed E-state index contributed by atoms with van der Waals surface area (Å²) in [5.74, 6) is -0.887. The number of hydrogen-bond donors (Lipinski definition) is 2. The Bertz CT molecular complexity index is 513. The van der Waals surface area contributed by atoms with Gasteiger partial charge in [-0.25, -0.2) is 0 Å². The molecule has 0 saturated heterocycles. The zero-order chi connectivity index (χ0) is 17.7. The molecular formula is C13H14F6N2O2. The zero-order valence-electron chi connectivity index (χ0n) is 11.9. The van der Waals surface area contributed by atoms with Gasteiger partial charge in [0.1, 0.15) is 18.3 Å². The van der Waals surface area contributed by atoms with Gasteiger partial charge in [-0.05, 0) is 31.2 Å². The zero-order valence-corrected chi connectivity index (χ0v) is 11.9. The smallest absolute Gasteiger partial charge is 0.422 e. The van der Waals surface area contributed by atoms with Crippen molar-refractivity contribution in [2.75, 3.05) is 18.5 Å². The Morgan fingerprint density at radius 3 is 2.13 bits per heavy atom. The quantitative estimate of drug-likeness (QED) is 0.780. The van der Waals surface area contributed by atoms with Crippen molar-refractivity contribution in [2.45, 2.75) is 25.3 Å². The standard InChI is InChI=1S/C13H14F6N2O2/c1-8(11(22)20-6-12(14,15)16)21-9-2-4-10(5-3-9)23-7-13(17,18)19/h2-5,8,21H,6-7H2,1H3,(H,20,22). The molecule has 0 aliphatic rings. The molecule has 0 bridgehead atoms. The molecule has 0 aliphatic carbocycles. The third-order valence-electron chi connectivity index (χ3n) is 2.50. The maximum atomic E-state index is 12.0. The van der Waals surface area contributed by atoms with Crippen molar-refractivity contribution >= 4 is 11.6 Å². The number of alkyl halides is 6. The SMILES string of the molecule is CC(Nc1ccc(OCC(F)(F)F)cc1)C(=O)NCC(F)(F)F. The second-order valence-electron chi connectivity index (χ2n) is 4.63. The Morgan fingerprint density at radius 1 is 1.09 bits per heavy atom. The Kier molecular flexibility index (Phi) is 6.11. The van der Waals surface area contributed by atoms with E-state index in [0.29, 0.717) is 5.69 Å². The minimum Gasteiger partial charge on any atom is -0.484 e. The molecule has 1 aromatic rings. The van der Waals surface area contributed by atoms with Crippen molar-refractivity contribution in [3.05, 3.63) is 24.3 Å². The fourth-order valence-electron chi connectivity index (χ4n) is 1.47. The van der Waals surface area contributed by atoms with E-state index >= 15 is 0 Å². The molecule has 1 rings (SSSR count). The van der Waals surface area contributed by atoms with Crippen LogP contribution in [0.1, 0.15) is 6.92 Å². The van der Waals surface area contributed by atoms with Gasteiger partial charge >= 0.3 is 12.4 Å². The average molecular weight is 344 g/mol. The summed E-state index contributed by atoms with van der Waals surface area (Å²) in [5, 5.41) is 4.34. The van der Waals surface area contributed by atoms with Crippen LogP contribution in [-0.4, -0.2) is 37.5 Å². The van der Waals surface area contributed by atoms with Crippen LogP contribution in [0.5, 0.6) is 5.75 Å². The summed E-state index contributed by atoms with van der Waals surface area (Å²) in [6.07, 6.45) is -8.96. The van der Waals surface area contributed by atoms with Crippen LogP contribution in [0.2, 0.25) is 0 Å². The Labute approximate surface area is 127 Å². The number of hydrogen-bond acceptors (Lipinski definition) is 3. The number of ether oxygens (including phenoxy) is 1. The monoisotopic (exact) mass is 344 g/mol. The van der Waals surface area contributed by atoms with E-state index in [2.05, 4.69) is 10.1 Å². The largest absolute Gasteiger partial charge is 0.484 e. The number of anilines is 1. The van der Waals surface area contributed by atoms with Crippen molar-refractivity contribution in [1.82, 2.24) is 5.32 Å². The second-order valence-corrected chi connectivity index (χ2v) is 4.63. The van der Waals surface area contributed by atoms with E-state index < -0.39 is 37.5 Å². The highest BCUT2D eigenvalue weighted by Gasteiger charge is 2.29. The number of benzene rings is 1. The molecule has 0 radical (unpaired) electrons. The lowest BCUT2D eigenvalue weighted by Crippen LogP contribution is -2.42. The van der Waals surface area contributed by atoms with Gasteiger partial charge in [-0.2, -0.15) is 26.3 Å². The van der Waals surface area contributed by atoms with E-state index in [1.54, 1.807) is 5.32 Å². The molecule has 10 heteroatoms. The van der Waals surface area contributed by atoms with Crippen LogP contribution in [-0.2, 0) is 4.79 Å². The maximum absolute atomic E-state index is 12.0. The molecule has 0 aromatic heterocycles. The fourth-order valence-corrected chi connectivity index (χ4v) is 1.47. The van der Waals surface area contributed by atoms with Gasteiger partial charge < -0.3 is 15.4 Å². The molecule has 130 valence electrons. The highest BCUT2D eigenvalue weighted by Crippen LogP contribution is 2.20. The summed E-state index contributed by atoms with van der Waals surface area (Å²) in [6.45, 7) is -1.53. The molecule has 4 nitrogen and oxygen atoms in total. The van der Waals surface area contributed by atoms with Gasteiger partial charge in [0, 0.05) is 5.69 Å². The van der Waals surface area contributed by atoms with E-state index in [-0.39, 0.29) is 5.75 Å². The summed E-state index contributed by atoms with van der Waals surface area (Å²) >= 11 is 0. The Hall–Kier alpha value is -2.13. The highest BCUT2D eigenvalue weighted by atomic mass is 19.4. The number of carbonyl (C=O) groups excluding carboxylic acids is 1. The minimum atomic E-state index is -4.51. The number of halogens is 6. The molecule has 0 fully saturated rings. The van der Waals surface area contributed by atoms with E-state index in [1.807, 2.05) is 0 Å². The van der Waals surface area contributed by atoms with E-state index in [1.165, 1.54) is 31.2 Å². The van der Waals surface area contributed by atoms with Crippen molar-refractivity contribution in [2.24, 2.45) is 0 Å². The van der Waals surface area contributed by atoms with Crippen LogP contribution in [0.3, 0.4) is 0 Å². The van der Waals surface area contributed by atoms with Crippen molar-refractivity contribution in [1.29, 1.82) is 0 Å². The molecule has 1 atom stereocenters. The second kappa shape index (κ2) is 7.42. The van der Waals surface area contributed by atoms with Crippen molar-refractivity contribution in [3.63, 3.8) is 0 Å². The number of amides is 1. The lowest BCUT2D eigenvalue weighted by atomic mass is 10.2. The first-order valence-corrected chi connectivity index (χ1v) is 6.37. The van der Waals surface area contributed by atoms with E-state index in [4.69, 9.17) is 0 Å². The maximum Gasteiger partial charge on any atom is 0.422 e. The molecule has 0 aliphatic heterocycles. The number of nitrogens with one attached hydrogen (secondary N) is 2. The van der Waals surface area contributed by atoms with Gasteiger partial charge in [-0.3, -0.25) is 4.79 Å². The number of carbonyl (C=O) groups is 1. The molecule has 0 saturated carbocycles. The van der Waals surface area contributed by atoms with Crippen LogP contribution in [0.25, 0.3) is 0 Å². The van der Waals surface area contributed by atoms with Crippen LogP contribution in [0.15, 0.2) is 24.3 Å². The van der Waals surface area contributed by atoms with E-state index in [0.717, 1.165) is 0 Å². The van der Waals surface area contributed by atoms with Crippen LogP contribution in [0, 0.1) is 0 Å². The first kappa shape index (κ1) is 18.9. The van der Waals surface area contributed by atoms with Crippen molar-refractivity contribution < 1.29 is 35.9 Å². The predicted octanol–water partition coefficient (Wildman–Crippen LogP) is 3.11. The average Bonchev–Trinajstić information content (AvgIpc) is 2.42. The Morgan fingerprint density at radius 2 is 1.65 bits per heavy atom. The molecule has 1 amide bonds. The van der Waals surface area contributed by atoms with Gasteiger partial charge in [-0.1, -0.05) is 0 Å². The summed E-state index contributed by atoms with van der Waals surface area (Å²) < 4.78 is 76.4. The third-order valence-corrected chi connectivity index (χ3v) is 2.50. The Balaban J connectivity index is 2.49. The van der Waals surface area contributed by atoms with E-state index in [9.17, 15) is 31.1 Å². The van der Waals surface area contributed by atoms with Crippen LogP contribution < -0.4 is 15.4 Å². The van der Waals surface area contributed by atoms with Gasteiger partial charge in [-0.15, -0.1) is 0 Å². The first-order valence-electron chi connectivity index (χ1n) is 6.37. The van der Waals surface area contributed by atoms with Gasteiger partial charge in [0.25, 0.3) is 0 Å². The summed E-state index contributed by atoms with van der Waals surface area (Å²) in [5.41, 5.74) is 0.346. The van der Waals surface area contributed by atoms with Gasteiger partial charge in [0.05, 0.1) is 0 Å². The molecule has 0 spiro atoms. The van der Waals surface area contributed by atoms with Crippen molar-refractivity contribution in [3.8, 4) is 5.75 Å². The number of rotatable bonds is 6.